The first kappa shape index (κ1) is 15.7. The van der Waals surface area contributed by atoms with E-state index in [1.165, 1.54) is 11.1 Å². The van der Waals surface area contributed by atoms with Gasteiger partial charge < -0.3 is 9.88 Å². The third-order valence-electron chi connectivity index (χ3n) is 4.32. The van der Waals surface area contributed by atoms with Gasteiger partial charge in [-0.2, -0.15) is 11.3 Å². The number of rotatable bonds is 5. The van der Waals surface area contributed by atoms with E-state index in [1.807, 2.05) is 47.2 Å². The number of benzene rings is 2. The highest BCUT2D eigenvalue weighted by molar-refractivity contribution is 7.08. The van der Waals surface area contributed by atoms with Crippen molar-refractivity contribution in [2.75, 3.05) is 0 Å². The molecular weight excluding hydrogens is 328 g/mol. The van der Waals surface area contributed by atoms with Crippen molar-refractivity contribution in [2.45, 2.75) is 13.1 Å². The molecule has 0 spiro atoms. The van der Waals surface area contributed by atoms with E-state index >= 15 is 0 Å². The second kappa shape index (κ2) is 6.95. The summed E-state index contributed by atoms with van der Waals surface area (Å²) < 4.78 is 1.98. The van der Waals surface area contributed by atoms with E-state index in [4.69, 9.17) is 0 Å². The maximum absolute atomic E-state index is 12.4. The molecule has 0 unspecified atom stereocenters. The number of hydrogen-bond donors (Lipinski definition) is 1. The molecule has 0 saturated heterocycles. The minimum atomic E-state index is 0.0153. The van der Waals surface area contributed by atoms with E-state index in [2.05, 4.69) is 40.3 Å². The SMILES string of the molecule is O=C(Cn1ccc2ccccc21)NCc1ccccc1-c1ccsc1. The molecule has 0 saturated carbocycles. The van der Waals surface area contributed by atoms with Gasteiger partial charge in [-0.25, -0.2) is 0 Å². The fraction of sp³-hybridized carbons (Fsp3) is 0.0952. The first-order chi connectivity index (χ1) is 12.3. The van der Waals surface area contributed by atoms with Gasteiger partial charge in [-0.15, -0.1) is 0 Å². The molecule has 2 aromatic carbocycles. The van der Waals surface area contributed by atoms with Gasteiger partial charge in [0.25, 0.3) is 0 Å². The van der Waals surface area contributed by atoms with Crippen molar-refractivity contribution in [3.8, 4) is 11.1 Å². The van der Waals surface area contributed by atoms with Gasteiger partial charge in [-0.3, -0.25) is 4.79 Å². The summed E-state index contributed by atoms with van der Waals surface area (Å²) in [4.78, 5) is 12.4. The molecule has 2 aromatic heterocycles. The lowest BCUT2D eigenvalue weighted by Crippen LogP contribution is -2.27. The molecule has 0 radical (unpaired) electrons. The van der Waals surface area contributed by atoms with E-state index in [1.54, 1.807) is 11.3 Å². The normalized spacial score (nSPS) is 10.9. The highest BCUT2D eigenvalue weighted by Gasteiger charge is 2.08. The fourth-order valence-electron chi connectivity index (χ4n) is 3.06. The average Bonchev–Trinajstić information content (AvgIpc) is 3.31. The van der Waals surface area contributed by atoms with Crippen molar-refractivity contribution in [2.24, 2.45) is 0 Å². The summed E-state index contributed by atoms with van der Waals surface area (Å²) in [7, 11) is 0. The minimum absolute atomic E-state index is 0.0153. The smallest absolute Gasteiger partial charge is 0.240 e. The zero-order chi connectivity index (χ0) is 17.1. The summed E-state index contributed by atoms with van der Waals surface area (Å²) in [5, 5.41) is 8.40. The number of nitrogens with zero attached hydrogens (tertiary/aromatic N) is 1. The van der Waals surface area contributed by atoms with E-state index in [9.17, 15) is 4.79 Å². The Labute approximate surface area is 150 Å². The summed E-state index contributed by atoms with van der Waals surface area (Å²) in [5.41, 5.74) is 4.59. The zero-order valence-corrected chi connectivity index (χ0v) is 14.5. The lowest BCUT2D eigenvalue weighted by atomic mass is 10.0. The number of hydrogen-bond acceptors (Lipinski definition) is 2. The third kappa shape index (κ3) is 3.35. The largest absolute Gasteiger partial charge is 0.350 e. The van der Waals surface area contributed by atoms with Crippen LogP contribution in [0.5, 0.6) is 0 Å². The number of aromatic nitrogens is 1. The van der Waals surface area contributed by atoms with Gasteiger partial charge in [0.1, 0.15) is 6.54 Å². The molecule has 4 aromatic rings. The van der Waals surface area contributed by atoms with Gasteiger partial charge in [0.2, 0.25) is 5.91 Å². The van der Waals surface area contributed by atoms with Gasteiger partial charge in [-0.05, 0) is 51.0 Å². The molecule has 0 aliphatic rings. The molecule has 25 heavy (non-hydrogen) atoms. The fourth-order valence-corrected chi connectivity index (χ4v) is 3.71. The highest BCUT2D eigenvalue weighted by atomic mass is 32.1. The Morgan fingerprint density at radius 3 is 2.72 bits per heavy atom. The second-order valence-corrected chi connectivity index (χ2v) is 6.73. The Morgan fingerprint density at radius 1 is 1.00 bits per heavy atom. The summed E-state index contributed by atoms with van der Waals surface area (Å²) >= 11 is 1.68. The monoisotopic (exact) mass is 346 g/mol. The molecule has 0 atom stereocenters. The lowest BCUT2D eigenvalue weighted by molar-refractivity contribution is -0.121. The van der Waals surface area contributed by atoms with Crippen LogP contribution in [0.1, 0.15) is 5.56 Å². The van der Waals surface area contributed by atoms with E-state index in [-0.39, 0.29) is 5.91 Å². The maximum Gasteiger partial charge on any atom is 0.240 e. The van der Waals surface area contributed by atoms with Crippen molar-refractivity contribution < 1.29 is 4.79 Å². The van der Waals surface area contributed by atoms with Crippen molar-refractivity contribution >= 4 is 28.1 Å². The van der Waals surface area contributed by atoms with Crippen LogP contribution in [-0.2, 0) is 17.9 Å². The molecule has 0 fully saturated rings. The van der Waals surface area contributed by atoms with Gasteiger partial charge >= 0.3 is 0 Å². The minimum Gasteiger partial charge on any atom is -0.350 e. The molecule has 4 heteroatoms. The third-order valence-corrected chi connectivity index (χ3v) is 5.00. The van der Waals surface area contributed by atoms with Crippen LogP contribution in [0.2, 0.25) is 0 Å². The summed E-state index contributed by atoms with van der Waals surface area (Å²) in [6, 6.07) is 20.4. The van der Waals surface area contributed by atoms with Gasteiger partial charge in [0.15, 0.2) is 0 Å². The first-order valence-electron chi connectivity index (χ1n) is 8.22. The van der Waals surface area contributed by atoms with Crippen LogP contribution in [-0.4, -0.2) is 10.5 Å². The predicted molar refractivity (Wildman–Crippen MR) is 104 cm³/mol. The van der Waals surface area contributed by atoms with Crippen LogP contribution in [0.15, 0.2) is 77.6 Å². The Morgan fingerprint density at radius 2 is 1.84 bits per heavy atom. The number of amides is 1. The van der Waals surface area contributed by atoms with Crippen molar-refractivity contribution in [1.82, 2.24) is 9.88 Å². The average molecular weight is 346 g/mol. The number of carbonyl (C=O) groups is 1. The number of fused-ring (bicyclic) bond motifs is 1. The summed E-state index contributed by atoms with van der Waals surface area (Å²) in [6.07, 6.45) is 1.96. The molecule has 1 N–H and O–H groups in total. The van der Waals surface area contributed by atoms with Crippen LogP contribution in [0.4, 0.5) is 0 Å². The van der Waals surface area contributed by atoms with E-state index in [0.29, 0.717) is 13.1 Å². The Kier molecular flexibility index (Phi) is 4.36. The number of nitrogens with one attached hydrogen (secondary N) is 1. The molecule has 0 aliphatic heterocycles. The van der Waals surface area contributed by atoms with Crippen LogP contribution < -0.4 is 5.32 Å². The quantitative estimate of drug-likeness (QED) is 0.559. The van der Waals surface area contributed by atoms with Gasteiger partial charge in [0, 0.05) is 18.3 Å². The Balaban J connectivity index is 1.46. The Bertz CT molecular complexity index is 1000. The van der Waals surface area contributed by atoms with Crippen LogP contribution in [0.3, 0.4) is 0 Å². The molecule has 0 bridgehead atoms. The number of thiophene rings is 1. The van der Waals surface area contributed by atoms with Gasteiger partial charge in [0.05, 0.1) is 0 Å². The maximum atomic E-state index is 12.4. The predicted octanol–water partition coefficient (Wildman–Crippen LogP) is 4.69. The van der Waals surface area contributed by atoms with E-state index < -0.39 is 0 Å². The second-order valence-electron chi connectivity index (χ2n) is 5.95. The molecule has 3 nitrogen and oxygen atoms in total. The summed E-state index contributed by atoms with van der Waals surface area (Å²) in [6.45, 7) is 0.859. The molecule has 124 valence electrons. The van der Waals surface area contributed by atoms with Crippen molar-refractivity contribution in [1.29, 1.82) is 0 Å². The Hall–Kier alpha value is -2.85. The number of para-hydroxylation sites is 1. The van der Waals surface area contributed by atoms with Crippen LogP contribution in [0.25, 0.3) is 22.0 Å². The molecule has 0 aliphatic carbocycles. The topological polar surface area (TPSA) is 34.0 Å². The molecule has 1 amide bonds. The highest BCUT2D eigenvalue weighted by Crippen LogP contribution is 2.25. The van der Waals surface area contributed by atoms with Crippen LogP contribution in [0, 0.1) is 0 Å². The number of carbonyl (C=O) groups excluding carboxylic acids is 1. The summed E-state index contributed by atoms with van der Waals surface area (Å²) in [5.74, 6) is 0.0153. The van der Waals surface area contributed by atoms with Crippen LogP contribution >= 0.6 is 11.3 Å². The van der Waals surface area contributed by atoms with Crippen molar-refractivity contribution in [3.63, 3.8) is 0 Å². The molecular formula is C21H18N2OS. The first-order valence-corrected chi connectivity index (χ1v) is 9.16. The van der Waals surface area contributed by atoms with E-state index in [0.717, 1.165) is 16.5 Å². The molecule has 4 rings (SSSR count). The standard InChI is InChI=1S/C21H18N2OS/c24-21(14-23-11-9-16-5-2-4-8-20(16)23)22-13-17-6-1-3-7-19(17)18-10-12-25-15-18/h1-12,15H,13-14H2,(H,22,24). The zero-order valence-electron chi connectivity index (χ0n) is 13.7. The van der Waals surface area contributed by atoms with Crippen molar-refractivity contribution in [3.05, 3.63) is 83.2 Å². The van der Waals surface area contributed by atoms with Gasteiger partial charge in [-0.1, -0.05) is 42.5 Å². The lowest BCUT2D eigenvalue weighted by Gasteiger charge is -2.11. The molecule has 2 heterocycles.